The molecule has 0 fully saturated rings. The SMILES string of the molecule is Cc1ccc(C2Cc3c(Cl)ccc(C)c3N2)cc1. The van der Waals surface area contributed by atoms with E-state index in [1.165, 1.54) is 27.9 Å². The van der Waals surface area contributed by atoms with Crippen LogP contribution < -0.4 is 5.32 Å². The van der Waals surface area contributed by atoms with Crippen molar-refractivity contribution >= 4 is 17.3 Å². The highest BCUT2D eigenvalue weighted by atomic mass is 35.5. The highest BCUT2D eigenvalue weighted by Crippen LogP contribution is 2.40. The van der Waals surface area contributed by atoms with Gasteiger partial charge in [0.1, 0.15) is 0 Å². The molecule has 0 amide bonds. The lowest BCUT2D eigenvalue weighted by Crippen LogP contribution is -2.05. The van der Waals surface area contributed by atoms with E-state index in [1.807, 2.05) is 6.07 Å². The summed E-state index contributed by atoms with van der Waals surface area (Å²) in [5.74, 6) is 0. The minimum absolute atomic E-state index is 0.346. The maximum Gasteiger partial charge on any atom is 0.0555 e. The largest absolute Gasteiger partial charge is 0.377 e. The third-order valence-electron chi connectivity index (χ3n) is 3.67. The van der Waals surface area contributed by atoms with Gasteiger partial charge in [0.15, 0.2) is 0 Å². The predicted octanol–water partition coefficient (Wildman–Crippen LogP) is 4.67. The molecule has 1 heterocycles. The van der Waals surface area contributed by atoms with Crippen molar-refractivity contribution in [2.75, 3.05) is 5.32 Å². The molecule has 0 radical (unpaired) electrons. The van der Waals surface area contributed by atoms with Gasteiger partial charge in [-0.3, -0.25) is 0 Å². The van der Waals surface area contributed by atoms with Gasteiger partial charge in [-0.2, -0.15) is 0 Å². The number of hydrogen-bond donors (Lipinski definition) is 1. The van der Waals surface area contributed by atoms with Crippen LogP contribution in [0.25, 0.3) is 0 Å². The molecule has 1 aliphatic heterocycles. The zero-order valence-electron chi connectivity index (χ0n) is 10.6. The fourth-order valence-corrected chi connectivity index (χ4v) is 2.80. The smallest absolute Gasteiger partial charge is 0.0555 e. The van der Waals surface area contributed by atoms with Crippen LogP contribution in [0.5, 0.6) is 0 Å². The molecule has 1 N–H and O–H groups in total. The lowest BCUT2D eigenvalue weighted by atomic mass is 10.0. The number of rotatable bonds is 1. The monoisotopic (exact) mass is 257 g/mol. The lowest BCUT2D eigenvalue weighted by Gasteiger charge is -2.12. The highest BCUT2D eigenvalue weighted by Gasteiger charge is 2.25. The van der Waals surface area contributed by atoms with Crippen LogP contribution >= 0.6 is 11.6 Å². The Labute approximate surface area is 113 Å². The first-order valence-corrected chi connectivity index (χ1v) is 6.64. The van der Waals surface area contributed by atoms with Crippen LogP contribution in [0.1, 0.15) is 28.3 Å². The van der Waals surface area contributed by atoms with Gasteiger partial charge in [0.05, 0.1) is 6.04 Å². The van der Waals surface area contributed by atoms with Gasteiger partial charge < -0.3 is 5.32 Å². The third-order valence-corrected chi connectivity index (χ3v) is 4.02. The predicted molar refractivity (Wildman–Crippen MR) is 77.4 cm³/mol. The number of fused-ring (bicyclic) bond motifs is 1. The summed E-state index contributed by atoms with van der Waals surface area (Å²) in [6.07, 6.45) is 0.971. The summed E-state index contributed by atoms with van der Waals surface area (Å²) in [4.78, 5) is 0. The van der Waals surface area contributed by atoms with Crippen LogP contribution in [0.2, 0.25) is 5.02 Å². The summed E-state index contributed by atoms with van der Waals surface area (Å²) < 4.78 is 0. The molecule has 1 nitrogen and oxygen atoms in total. The molecule has 18 heavy (non-hydrogen) atoms. The van der Waals surface area contributed by atoms with E-state index >= 15 is 0 Å². The average Bonchev–Trinajstić information content (AvgIpc) is 2.81. The summed E-state index contributed by atoms with van der Waals surface area (Å²) in [7, 11) is 0. The molecule has 1 unspecified atom stereocenters. The van der Waals surface area contributed by atoms with Gasteiger partial charge in [-0.05, 0) is 36.6 Å². The molecule has 2 aromatic rings. The Morgan fingerprint density at radius 2 is 1.78 bits per heavy atom. The second-order valence-electron chi connectivity index (χ2n) is 5.03. The van der Waals surface area contributed by atoms with Crippen LogP contribution in [0.4, 0.5) is 5.69 Å². The Bertz CT molecular complexity index is 556. The summed E-state index contributed by atoms with van der Waals surface area (Å²) in [6.45, 7) is 4.24. The van der Waals surface area contributed by atoms with Gasteiger partial charge in [-0.1, -0.05) is 47.5 Å². The molecule has 0 aliphatic carbocycles. The normalized spacial score (nSPS) is 17.4. The third kappa shape index (κ3) is 1.89. The lowest BCUT2D eigenvalue weighted by molar-refractivity contribution is 0.823. The van der Waals surface area contributed by atoms with E-state index in [2.05, 4.69) is 49.5 Å². The minimum Gasteiger partial charge on any atom is -0.377 e. The van der Waals surface area contributed by atoms with Crippen molar-refractivity contribution in [2.45, 2.75) is 26.3 Å². The number of hydrogen-bond acceptors (Lipinski definition) is 1. The van der Waals surface area contributed by atoms with Gasteiger partial charge in [-0.25, -0.2) is 0 Å². The van der Waals surface area contributed by atoms with Crippen molar-refractivity contribution in [1.29, 1.82) is 0 Å². The first-order valence-electron chi connectivity index (χ1n) is 6.26. The summed E-state index contributed by atoms with van der Waals surface area (Å²) >= 11 is 6.28. The van der Waals surface area contributed by atoms with E-state index < -0.39 is 0 Å². The first-order chi connectivity index (χ1) is 8.65. The molecule has 0 bridgehead atoms. The van der Waals surface area contributed by atoms with Crippen molar-refractivity contribution < 1.29 is 0 Å². The summed E-state index contributed by atoms with van der Waals surface area (Å²) in [6, 6.07) is 13.1. The molecule has 1 aliphatic rings. The molecule has 1 atom stereocenters. The van der Waals surface area contributed by atoms with Crippen molar-refractivity contribution in [3.05, 3.63) is 63.7 Å². The summed E-state index contributed by atoms with van der Waals surface area (Å²) in [5.41, 5.74) is 6.36. The van der Waals surface area contributed by atoms with Gasteiger partial charge in [0.25, 0.3) is 0 Å². The second-order valence-corrected chi connectivity index (χ2v) is 5.44. The van der Waals surface area contributed by atoms with Crippen LogP contribution in [0, 0.1) is 13.8 Å². The van der Waals surface area contributed by atoms with Gasteiger partial charge in [-0.15, -0.1) is 0 Å². The molecule has 2 heteroatoms. The minimum atomic E-state index is 0.346. The molecule has 0 aromatic heterocycles. The molecule has 92 valence electrons. The maximum atomic E-state index is 6.28. The Balaban J connectivity index is 1.95. The van der Waals surface area contributed by atoms with E-state index in [0.29, 0.717) is 6.04 Å². The Morgan fingerprint density at radius 1 is 1.06 bits per heavy atom. The van der Waals surface area contributed by atoms with Crippen molar-refractivity contribution in [1.82, 2.24) is 0 Å². The molecule has 0 saturated heterocycles. The number of anilines is 1. The number of benzene rings is 2. The topological polar surface area (TPSA) is 12.0 Å². The number of halogens is 1. The Kier molecular flexibility index (Phi) is 2.79. The Hall–Kier alpha value is -1.47. The van der Waals surface area contributed by atoms with Crippen LogP contribution in [-0.4, -0.2) is 0 Å². The van der Waals surface area contributed by atoms with E-state index in [4.69, 9.17) is 11.6 Å². The zero-order chi connectivity index (χ0) is 12.7. The van der Waals surface area contributed by atoms with Gasteiger partial charge in [0, 0.05) is 17.1 Å². The quantitative estimate of drug-likeness (QED) is 0.783. The number of nitrogens with one attached hydrogen (secondary N) is 1. The van der Waals surface area contributed by atoms with Crippen LogP contribution in [0.3, 0.4) is 0 Å². The maximum absolute atomic E-state index is 6.28. The zero-order valence-corrected chi connectivity index (χ0v) is 11.4. The van der Waals surface area contributed by atoms with Crippen molar-refractivity contribution in [3.63, 3.8) is 0 Å². The average molecular weight is 258 g/mol. The van der Waals surface area contributed by atoms with E-state index in [9.17, 15) is 0 Å². The molecular weight excluding hydrogens is 242 g/mol. The van der Waals surface area contributed by atoms with Crippen LogP contribution in [0.15, 0.2) is 36.4 Å². The molecule has 2 aromatic carbocycles. The van der Waals surface area contributed by atoms with Crippen molar-refractivity contribution in [3.8, 4) is 0 Å². The van der Waals surface area contributed by atoms with E-state index in [1.54, 1.807) is 0 Å². The van der Waals surface area contributed by atoms with Crippen LogP contribution in [-0.2, 0) is 6.42 Å². The summed E-state index contributed by atoms with van der Waals surface area (Å²) in [5, 5.41) is 4.47. The molecule has 3 rings (SSSR count). The Morgan fingerprint density at radius 3 is 2.44 bits per heavy atom. The first kappa shape index (κ1) is 11.6. The van der Waals surface area contributed by atoms with Gasteiger partial charge in [0.2, 0.25) is 0 Å². The van der Waals surface area contributed by atoms with Gasteiger partial charge >= 0.3 is 0 Å². The molecule has 0 spiro atoms. The molecule has 0 saturated carbocycles. The van der Waals surface area contributed by atoms with Crippen molar-refractivity contribution in [2.24, 2.45) is 0 Å². The van der Waals surface area contributed by atoms with E-state index in [-0.39, 0.29) is 0 Å². The fraction of sp³-hybridized carbons (Fsp3) is 0.250. The molecular formula is C16H16ClN. The highest BCUT2D eigenvalue weighted by molar-refractivity contribution is 6.31. The number of aryl methyl sites for hydroxylation is 2. The fourth-order valence-electron chi connectivity index (χ4n) is 2.57. The standard InChI is InChI=1S/C16H16ClN/c1-10-3-6-12(7-4-10)15-9-13-14(17)8-5-11(2)16(13)18-15/h3-8,15,18H,9H2,1-2H3. The second kappa shape index (κ2) is 4.33. The van der Waals surface area contributed by atoms with E-state index in [0.717, 1.165) is 11.4 Å².